The summed E-state index contributed by atoms with van der Waals surface area (Å²) < 4.78 is 5.23. The van der Waals surface area contributed by atoms with E-state index < -0.39 is 0 Å². The van der Waals surface area contributed by atoms with E-state index >= 15 is 0 Å². The van der Waals surface area contributed by atoms with E-state index in [1.165, 1.54) is 5.56 Å². The highest BCUT2D eigenvalue weighted by molar-refractivity contribution is 6.12. The van der Waals surface area contributed by atoms with Gasteiger partial charge in [0.05, 0.1) is 7.11 Å². The summed E-state index contributed by atoms with van der Waals surface area (Å²) >= 11 is 0. The first-order valence-corrected chi connectivity index (χ1v) is 8.62. The second kappa shape index (κ2) is 6.37. The molecule has 2 aliphatic heterocycles. The van der Waals surface area contributed by atoms with Crippen molar-refractivity contribution in [3.05, 3.63) is 53.6 Å². The highest BCUT2D eigenvalue weighted by atomic mass is 16.5. The average molecular weight is 350 g/mol. The van der Waals surface area contributed by atoms with Crippen molar-refractivity contribution >= 4 is 23.2 Å². The van der Waals surface area contributed by atoms with E-state index in [-0.39, 0.29) is 5.91 Å². The fourth-order valence-electron chi connectivity index (χ4n) is 3.44. The summed E-state index contributed by atoms with van der Waals surface area (Å²) in [6, 6.07) is 14.4. The standard InChI is InChI=1S/C20H22N4O2/c1-22(2)16-6-9-18-15(10-16)12-23(20-21-19(25)13-24(18)20)11-14-4-7-17(26-3)8-5-14/h4-10H,11-13H2,1-3H3. The van der Waals surface area contributed by atoms with E-state index in [0.717, 1.165) is 35.2 Å². The third kappa shape index (κ3) is 2.87. The first-order valence-electron chi connectivity index (χ1n) is 8.62. The molecule has 2 aliphatic rings. The van der Waals surface area contributed by atoms with Crippen molar-refractivity contribution in [2.24, 2.45) is 4.99 Å². The van der Waals surface area contributed by atoms with Crippen LogP contribution in [0.4, 0.5) is 11.4 Å². The number of fused-ring (bicyclic) bond motifs is 3. The molecule has 0 saturated heterocycles. The fourth-order valence-corrected chi connectivity index (χ4v) is 3.44. The summed E-state index contributed by atoms with van der Waals surface area (Å²) in [5.41, 5.74) is 4.59. The number of methoxy groups -OCH3 is 1. The van der Waals surface area contributed by atoms with Gasteiger partial charge in [0.1, 0.15) is 12.3 Å². The van der Waals surface area contributed by atoms with Crippen LogP contribution in [-0.2, 0) is 17.9 Å². The Morgan fingerprint density at radius 3 is 2.58 bits per heavy atom. The fraction of sp³-hybridized carbons (Fsp3) is 0.300. The average Bonchev–Trinajstić information content (AvgIpc) is 3.04. The van der Waals surface area contributed by atoms with Crippen molar-refractivity contribution in [3.8, 4) is 5.75 Å². The smallest absolute Gasteiger partial charge is 0.268 e. The Balaban J connectivity index is 1.67. The third-order valence-electron chi connectivity index (χ3n) is 4.81. The molecule has 0 bridgehead atoms. The molecule has 0 atom stereocenters. The lowest BCUT2D eigenvalue weighted by Gasteiger charge is -2.37. The van der Waals surface area contributed by atoms with E-state index in [9.17, 15) is 4.79 Å². The summed E-state index contributed by atoms with van der Waals surface area (Å²) in [7, 11) is 5.73. The summed E-state index contributed by atoms with van der Waals surface area (Å²) in [5.74, 6) is 1.49. The Labute approximate surface area is 153 Å². The number of aliphatic imine (C=N–C) groups is 1. The van der Waals surface area contributed by atoms with Crippen LogP contribution in [0.15, 0.2) is 47.5 Å². The molecule has 2 aromatic carbocycles. The van der Waals surface area contributed by atoms with Crippen molar-refractivity contribution in [2.75, 3.05) is 37.5 Å². The van der Waals surface area contributed by atoms with Gasteiger partial charge in [-0.25, -0.2) is 0 Å². The Morgan fingerprint density at radius 2 is 1.88 bits per heavy atom. The van der Waals surface area contributed by atoms with Gasteiger partial charge in [-0.3, -0.25) is 4.79 Å². The van der Waals surface area contributed by atoms with Gasteiger partial charge in [-0.1, -0.05) is 12.1 Å². The summed E-state index contributed by atoms with van der Waals surface area (Å²) in [5, 5.41) is 0. The SMILES string of the molecule is COc1ccc(CN2Cc3cc(N(C)C)ccc3N3CC(=O)N=C23)cc1. The van der Waals surface area contributed by atoms with Crippen LogP contribution in [0.25, 0.3) is 0 Å². The normalized spacial score (nSPS) is 15.5. The largest absolute Gasteiger partial charge is 0.497 e. The molecule has 2 heterocycles. The van der Waals surface area contributed by atoms with Crippen molar-refractivity contribution in [1.82, 2.24) is 4.90 Å². The van der Waals surface area contributed by atoms with Crippen LogP contribution in [0.5, 0.6) is 5.75 Å². The molecule has 0 aromatic heterocycles. The maximum atomic E-state index is 12.0. The monoisotopic (exact) mass is 350 g/mol. The Morgan fingerprint density at radius 1 is 1.12 bits per heavy atom. The zero-order chi connectivity index (χ0) is 18.3. The number of guanidine groups is 1. The van der Waals surface area contributed by atoms with Crippen LogP contribution in [-0.4, -0.2) is 44.5 Å². The molecule has 134 valence electrons. The maximum absolute atomic E-state index is 12.0. The van der Waals surface area contributed by atoms with E-state index in [0.29, 0.717) is 13.1 Å². The van der Waals surface area contributed by atoms with Crippen LogP contribution >= 0.6 is 0 Å². The van der Waals surface area contributed by atoms with E-state index in [4.69, 9.17) is 4.74 Å². The molecule has 0 fully saturated rings. The quantitative estimate of drug-likeness (QED) is 0.848. The van der Waals surface area contributed by atoms with Gasteiger partial charge in [-0.2, -0.15) is 4.99 Å². The lowest BCUT2D eigenvalue weighted by Crippen LogP contribution is -2.45. The Hall–Kier alpha value is -3.02. The highest BCUT2D eigenvalue weighted by Crippen LogP contribution is 2.34. The third-order valence-corrected chi connectivity index (χ3v) is 4.81. The van der Waals surface area contributed by atoms with E-state index in [1.54, 1.807) is 7.11 Å². The van der Waals surface area contributed by atoms with Gasteiger partial charge < -0.3 is 19.4 Å². The molecule has 1 amide bonds. The molecule has 26 heavy (non-hydrogen) atoms. The molecule has 2 aromatic rings. The molecule has 6 heteroatoms. The zero-order valence-corrected chi connectivity index (χ0v) is 15.3. The van der Waals surface area contributed by atoms with Crippen LogP contribution in [0.3, 0.4) is 0 Å². The van der Waals surface area contributed by atoms with Crippen molar-refractivity contribution in [3.63, 3.8) is 0 Å². The van der Waals surface area contributed by atoms with Gasteiger partial charge in [-0.05, 0) is 41.5 Å². The van der Waals surface area contributed by atoms with Crippen LogP contribution in [0.2, 0.25) is 0 Å². The summed E-state index contributed by atoms with van der Waals surface area (Å²) in [4.78, 5) is 22.5. The van der Waals surface area contributed by atoms with Crippen molar-refractivity contribution < 1.29 is 9.53 Å². The summed E-state index contributed by atoms with van der Waals surface area (Å²) in [6.07, 6.45) is 0. The van der Waals surface area contributed by atoms with Gasteiger partial charge in [0.15, 0.2) is 0 Å². The number of nitrogens with zero attached hydrogens (tertiary/aromatic N) is 4. The number of amides is 1. The maximum Gasteiger partial charge on any atom is 0.268 e. The minimum atomic E-state index is -0.0933. The molecular weight excluding hydrogens is 328 g/mol. The van der Waals surface area contributed by atoms with Crippen LogP contribution in [0, 0.1) is 0 Å². The van der Waals surface area contributed by atoms with Crippen molar-refractivity contribution in [1.29, 1.82) is 0 Å². The number of carbonyl (C=O) groups is 1. The predicted molar refractivity (Wildman–Crippen MR) is 103 cm³/mol. The number of hydrogen-bond donors (Lipinski definition) is 0. The molecule has 0 saturated carbocycles. The number of benzene rings is 2. The molecule has 0 unspecified atom stereocenters. The predicted octanol–water partition coefficient (Wildman–Crippen LogP) is 2.48. The number of ether oxygens (including phenoxy) is 1. The van der Waals surface area contributed by atoms with Crippen LogP contribution < -0.4 is 14.5 Å². The second-order valence-electron chi connectivity index (χ2n) is 6.80. The van der Waals surface area contributed by atoms with Gasteiger partial charge in [0.2, 0.25) is 5.96 Å². The molecule has 0 radical (unpaired) electrons. The van der Waals surface area contributed by atoms with E-state index in [1.807, 2.05) is 43.3 Å². The lowest BCUT2D eigenvalue weighted by atomic mass is 10.1. The van der Waals surface area contributed by atoms with Gasteiger partial charge >= 0.3 is 0 Å². The van der Waals surface area contributed by atoms with Crippen LogP contribution in [0.1, 0.15) is 11.1 Å². The Bertz CT molecular complexity index is 874. The number of rotatable bonds is 4. The van der Waals surface area contributed by atoms with Gasteiger partial charge in [0.25, 0.3) is 5.91 Å². The first-order chi connectivity index (χ1) is 12.5. The number of anilines is 2. The van der Waals surface area contributed by atoms with Gasteiger partial charge in [0, 0.05) is 38.6 Å². The number of carbonyl (C=O) groups excluding carboxylic acids is 1. The topological polar surface area (TPSA) is 48.4 Å². The first kappa shape index (κ1) is 16.4. The van der Waals surface area contributed by atoms with Gasteiger partial charge in [-0.15, -0.1) is 0 Å². The Kier molecular flexibility index (Phi) is 4.03. The highest BCUT2D eigenvalue weighted by Gasteiger charge is 2.34. The second-order valence-corrected chi connectivity index (χ2v) is 6.80. The van der Waals surface area contributed by atoms with Crippen molar-refractivity contribution in [2.45, 2.75) is 13.1 Å². The van der Waals surface area contributed by atoms with E-state index in [2.05, 4.69) is 33.0 Å². The minimum Gasteiger partial charge on any atom is -0.497 e. The number of hydrogen-bond acceptors (Lipinski definition) is 5. The molecular formula is C20H22N4O2. The zero-order valence-electron chi connectivity index (χ0n) is 15.3. The molecule has 0 N–H and O–H groups in total. The summed E-state index contributed by atoms with van der Waals surface area (Å²) in [6.45, 7) is 1.73. The minimum absolute atomic E-state index is 0.0933. The molecule has 0 spiro atoms. The molecule has 4 rings (SSSR count). The molecule has 6 nitrogen and oxygen atoms in total. The lowest BCUT2D eigenvalue weighted by molar-refractivity contribution is -0.115. The molecule has 0 aliphatic carbocycles.